The minimum atomic E-state index is -0.00647. The number of nitrogens with zero attached hydrogens (tertiary/aromatic N) is 2. The normalized spacial score (nSPS) is 23.9. The average Bonchev–Trinajstić information content (AvgIpc) is 2.67. The predicted molar refractivity (Wildman–Crippen MR) is 95.5 cm³/mol. The third-order valence-electron chi connectivity index (χ3n) is 5.16. The Hall–Kier alpha value is -1.79. The molecule has 0 unspecified atom stereocenters. The molecule has 0 aliphatic carbocycles. The fraction of sp³-hybridized carbons (Fsp3) is 0.632. The van der Waals surface area contributed by atoms with E-state index in [1.54, 1.807) is 32.4 Å². The Bertz CT molecular complexity index is 605. The van der Waals surface area contributed by atoms with Crippen LogP contribution in [0.3, 0.4) is 0 Å². The van der Waals surface area contributed by atoms with E-state index in [-0.39, 0.29) is 11.9 Å². The fourth-order valence-corrected chi connectivity index (χ4v) is 3.85. The number of fused-ring (bicyclic) bond motifs is 1. The SMILES string of the molecule is CCC[C@H]1COC[C@H]2CN(C(=O)c3cc(OC)ccc3OC)CCN12. The van der Waals surface area contributed by atoms with E-state index in [2.05, 4.69) is 11.8 Å². The smallest absolute Gasteiger partial charge is 0.257 e. The molecular weight excluding hydrogens is 320 g/mol. The van der Waals surface area contributed by atoms with Crippen molar-refractivity contribution < 1.29 is 19.0 Å². The van der Waals surface area contributed by atoms with Crippen molar-refractivity contribution in [3.8, 4) is 11.5 Å². The lowest BCUT2D eigenvalue weighted by Gasteiger charge is -2.48. The molecule has 1 aromatic carbocycles. The molecule has 6 nitrogen and oxygen atoms in total. The molecule has 0 saturated carbocycles. The molecule has 3 rings (SSSR count). The molecule has 25 heavy (non-hydrogen) atoms. The number of rotatable bonds is 5. The first-order valence-corrected chi connectivity index (χ1v) is 9.02. The molecule has 2 aliphatic rings. The number of hydrogen-bond donors (Lipinski definition) is 0. The van der Waals surface area contributed by atoms with E-state index in [1.807, 2.05) is 4.90 Å². The summed E-state index contributed by atoms with van der Waals surface area (Å²) in [5.74, 6) is 1.23. The van der Waals surface area contributed by atoms with E-state index in [1.165, 1.54) is 0 Å². The first-order chi connectivity index (χ1) is 12.2. The van der Waals surface area contributed by atoms with Crippen LogP contribution in [-0.4, -0.2) is 74.9 Å². The minimum Gasteiger partial charge on any atom is -0.497 e. The summed E-state index contributed by atoms with van der Waals surface area (Å²) in [5, 5.41) is 0. The zero-order valence-corrected chi connectivity index (χ0v) is 15.4. The molecule has 0 spiro atoms. The van der Waals surface area contributed by atoms with Crippen LogP contribution >= 0.6 is 0 Å². The second kappa shape index (κ2) is 8.06. The maximum absolute atomic E-state index is 13.1. The number of morpholine rings is 1. The highest BCUT2D eigenvalue weighted by Gasteiger charge is 2.37. The van der Waals surface area contributed by atoms with Crippen LogP contribution in [0.4, 0.5) is 0 Å². The molecule has 6 heteroatoms. The first-order valence-electron chi connectivity index (χ1n) is 9.02. The van der Waals surface area contributed by atoms with Crippen LogP contribution in [0, 0.1) is 0 Å². The largest absolute Gasteiger partial charge is 0.497 e. The molecule has 0 bridgehead atoms. The van der Waals surface area contributed by atoms with Gasteiger partial charge in [-0.15, -0.1) is 0 Å². The second-order valence-corrected chi connectivity index (χ2v) is 6.69. The van der Waals surface area contributed by atoms with E-state index in [0.29, 0.717) is 36.3 Å². The molecule has 2 aliphatic heterocycles. The van der Waals surface area contributed by atoms with Crippen molar-refractivity contribution in [3.05, 3.63) is 23.8 Å². The summed E-state index contributed by atoms with van der Waals surface area (Å²) in [6.07, 6.45) is 2.30. The Morgan fingerprint density at radius 1 is 1.24 bits per heavy atom. The summed E-state index contributed by atoms with van der Waals surface area (Å²) in [7, 11) is 3.18. The van der Waals surface area contributed by atoms with Gasteiger partial charge in [0.15, 0.2) is 0 Å². The van der Waals surface area contributed by atoms with Crippen molar-refractivity contribution in [2.75, 3.05) is 47.1 Å². The number of benzene rings is 1. The highest BCUT2D eigenvalue weighted by molar-refractivity contribution is 5.97. The zero-order valence-electron chi connectivity index (χ0n) is 15.4. The van der Waals surface area contributed by atoms with Crippen LogP contribution in [0.1, 0.15) is 30.1 Å². The van der Waals surface area contributed by atoms with Gasteiger partial charge in [0.2, 0.25) is 0 Å². The molecular formula is C19H28N2O4. The summed E-state index contributed by atoms with van der Waals surface area (Å²) < 4.78 is 16.4. The lowest BCUT2D eigenvalue weighted by Crippen LogP contribution is -2.62. The third-order valence-corrected chi connectivity index (χ3v) is 5.16. The van der Waals surface area contributed by atoms with Gasteiger partial charge in [-0.3, -0.25) is 9.69 Å². The third kappa shape index (κ3) is 3.75. The lowest BCUT2D eigenvalue weighted by molar-refractivity contribution is -0.0776. The lowest BCUT2D eigenvalue weighted by atomic mass is 10.0. The summed E-state index contributed by atoms with van der Waals surface area (Å²) in [5.41, 5.74) is 0.553. The Kier molecular flexibility index (Phi) is 5.81. The van der Waals surface area contributed by atoms with Crippen molar-refractivity contribution in [1.82, 2.24) is 9.80 Å². The molecule has 1 amide bonds. The highest BCUT2D eigenvalue weighted by Crippen LogP contribution is 2.27. The van der Waals surface area contributed by atoms with Gasteiger partial charge in [0.1, 0.15) is 11.5 Å². The van der Waals surface area contributed by atoms with Gasteiger partial charge < -0.3 is 19.1 Å². The van der Waals surface area contributed by atoms with Gasteiger partial charge in [0.05, 0.1) is 39.0 Å². The molecule has 0 N–H and O–H groups in total. The summed E-state index contributed by atoms with van der Waals surface area (Å²) in [4.78, 5) is 17.5. The van der Waals surface area contributed by atoms with Crippen LogP contribution in [0.25, 0.3) is 0 Å². The fourth-order valence-electron chi connectivity index (χ4n) is 3.85. The monoisotopic (exact) mass is 348 g/mol. The van der Waals surface area contributed by atoms with Gasteiger partial charge >= 0.3 is 0 Å². The topological polar surface area (TPSA) is 51.2 Å². The molecule has 0 aromatic heterocycles. The summed E-state index contributed by atoms with van der Waals surface area (Å²) in [6, 6.07) is 6.10. The van der Waals surface area contributed by atoms with Gasteiger partial charge in [-0.1, -0.05) is 13.3 Å². The quantitative estimate of drug-likeness (QED) is 0.815. The average molecular weight is 348 g/mol. The Morgan fingerprint density at radius 3 is 2.80 bits per heavy atom. The van der Waals surface area contributed by atoms with Crippen LogP contribution in [0.15, 0.2) is 18.2 Å². The number of piperazine rings is 1. The van der Waals surface area contributed by atoms with E-state index in [4.69, 9.17) is 14.2 Å². The van der Waals surface area contributed by atoms with Crippen molar-refractivity contribution in [2.24, 2.45) is 0 Å². The van der Waals surface area contributed by atoms with Crippen molar-refractivity contribution in [2.45, 2.75) is 31.8 Å². The number of hydrogen-bond acceptors (Lipinski definition) is 5. The second-order valence-electron chi connectivity index (χ2n) is 6.69. The van der Waals surface area contributed by atoms with E-state index in [0.717, 1.165) is 32.5 Å². The number of amides is 1. The van der Waals surface area contributed by atoms with Gasteiger partial charge in [0, 0.05) is 25.7 Å². The molecule has 138 valence electrons. The molecule has 2 atom stereocenters. The van der Waals surface area contributed by atoms with Crippen molar-refractivity contribution >= 4 is 5.91 Å². The predicted octanol–water partition coefficient (Wildman–Crippen LogP) is 2.03. The van der Waals surface area contributed by atoms with Crippen LogP contribution < -0.4 is 9.47 Å². The van der Waals surface area contributed by atoms with Crippen LogP contribution in [0.2, 0.25) is 0 Å². The number of ether oxygens (including phenoxy) is 3. The van der Waals surface area contributed by atoms with E-state index < -0.39 is 0 Å². The highest BCUT2D eigenvalue weighted by atomic mass is 16.5. The molecule has 1 aromatic rings. The van der Waals surface area contributed by atoms with Crippen molar-refractivity contribution in [1.29, 1.82) is 0 Å². The van der Waals surface area contributed by atoms with Gasteiger partial charge in [-0.2, -0.15) is 0 Å². The van der Waals surface area contributed by atoms with E-state index >= 15 is 0 Å². The summed E-state index contributed by atoms with van der Waals surface area (Å²) in [6.45, 7) is 6.03. The maximum Gasteiger partial charge on any atom is 0.257 e. The first kappa shape index (κ1) is 18.0. The van der Waals surface area contributed by atoms with Crippen LogP contribution in [-0.2, 0) is 4.74 Å². The number of carbonyl (C=O) groups excluding carboxylic acids is 1. The standard InChI is InChI=1S/C19H28N2O4/c1-4-5-14-12-25-13-15-11-20(8-9-21(14)15)19(22)17-10-16(23-2)6-7-18(17)24-3/h6-7,10,14-15H,4-5,8-9,11-13H2,1-3H3/t14-,15+/m0/s1. The molecule has 2 saturated heterocycles. The van der Waals surface area contributed by atoms with Gasteiger partial charge in [-0.05, 0) is 24.6 Å². The van der Waals surface area contributed by atoms with Gasteiger partial charge in [-0.25, -0.2) is 0 Å². The summed E-state index contributed by atoms with van der Waals surface area (Å²) >= 11 is 0. The van der Waals surface area contributed by atoms with E-state index in [9.17, 15) is 4.79 Å². The Balaban J connectivity index is 1.74. The zero-order chi connectivity index (χ0) is 17.8. The Morgan fingerprint density at radius 2 is 2.08 bits per heavy atom. The minimum absolute atomic E-state index is 0.00647. The molecule has 0 radical (unpaired) electrons. The number of methoxy groups -OCH3 is 2. The molecule has 2 heterocycles. The van der Waals surface area contributed by atoms with Gasteiger partial charge in [0.25, 0.3) is 5.91 Å². The number of carbonyl (C=O) groups is 1. The molecule has 2 fully saturated rings. The maximum atomic E-state index is 13.1. The van der Waals surface area contributed by atoms with Crippen molar-refractivity contribution in [3.63, 3.8) is 0 Å². The van der Waals surface area contributed by atoms with Crippen LogP contribution in [0.5, 0.6) is 11.5 Å². The Labute approximate surface area is 149 Å².